The van der Waals surface area contributed by atoms with Crippen molar-refractivity contribution < 1.29 is 24.1 Å². The minimum Gasteiger partial charge on any atom is -0.493 e. The van der Waals surface area contributed by atoms with Crippen LogP contribution in [0.4, 0.5) is 0 Å². The Labute approximate surface area is 163 Å². The van der Waals surface area contributed by atoms with Crippen LogP contribution >= 0.6 is 11.6 Å². The summed E-state index contributed by atoms with van der Waals surface area (Å²) in [6.45, 7) is 0. The Morgan fingerprint density at radius 3 is 2.59 bits per heavy atom. The Morgan fingerprint density at radius 2 is 1.89 bits per heavy atom. The van der Waals surface area contributed by atoms with Gasteiger partial charge in [-0.3, -0.25) is 0 Å². The fraction of sp³-hybridized carbons (Fsp3) is 0.381. The van der Waals surface area contributed by atoms with Crippen molar-refractivity contribution in [2.45, 2.75) is 37.4 Å². The van der Waals surface area contributed by atoms with Crippen molar-refractivity contribution in [1.29, 1.82) is 0 Å². The van der Waals surface area contributed by atoms with E-state index in [-0.39, 0.29) is 0 Å². The van der Waals surface area contributed by atoms with Crippen LogP contribution in [0.25, 0.3) is 0 Å². The minimum absolute atomic E-state index is 0.364. The van der Waals surface area contributed by atoms with Crippen LogP contribution in [0.3, 0.4) is 0 Å². The monoisotopic (exact) mass is 390 g/mol. The summed E-state index contributed by atoms with van der Waals surface area (Å²) in [5, 5.41) is 11.9. The normalized spacial score (nSPS) is 22.1. The Balaban J connectivity index is 1.89. The molecule has 144 valence electrons. The molecule has 0 saturated heterocycles. The number of carbonyl (C=O) groups is 1. The molecule has 1 N–H and O–H groups in total. The first-order valence-corrected chi connectivity index (χ1v) is 9.27. The number of ether oxygens (including phenoxy) is 3. The Kier molecular flexibility index (Phi) is 5.92. The zero-order valence-corrected chi connectivity index (χ0v) is 16.2. The minimum atomic E-state index is -1.29. The molecule has 0 amide bonds. The van der Waals surface area contributed by atoms with E-state index in [1.165, 1.54) is 0 Å². The molecule has 2 atom stereocenters. The summed E-state index contributed by atoms with van der Waals surface area (Å²) in [4.78, 5) is 12.6. The number of hydrogen-bond donors (Lipinski definition) is 1. The highest BCUT2D eigenvalue weighted by atomic mass is 35.5. The van der Waals surface area contributed by atoms with E-state index in [0.29, 0.717) is 40.5 Å². The number of methoxy groups -OCH3 is 2. The zero-order chi connectivity index (χ0) is 19.4. The third kappa shape index (κ3) is 4.04. The van der Waals surface area contributed by atoms with Gasteiger partial charge in [0, 0.05) is 5.02 Å². The van der Waals surface area contributed by atoms with Crippen LogP contribution in [-0.4, -0.2) is 31.4 Å². The molecule has 0 heterocycles. The second-order valence-corrected chi connectivity index (χ2v) is 7.08. The molecule has 1 saturated carbocycles. The summed E-state index contributed by atoms with van der Waals surface area (Å²) >= 11 is 5.96. The maximum atomic E-state index is 12.6. The van der Waals surface area contributed by atoms with Gasteiger partial charge in [0.1, 0.15) is 11.7 Å². The number of aliphatic hydroxyl groups is 1. The largest absolute Gasteiger partial charge is 0.493 e. The van der Waals surface area contributed by atoms with Gasteiger partial charge in [-0.1, -0.05) is 23.7 Å². The first kappa shape index (κ1) is 19.5. The first-order valence-electron chi connectivity index (χ1n) is 8.89. The van der Waals surface area contributed by atoms with Crippen LogP contribution in [0, 0.1) is 0 Å². The lowest BCUT2D eigenvalue weighted by molar-refractivity contribution is -0.113. The van der Waals surface area contributed by atoms with Gasteiger partial charge in [0.15, 0.2) is 11.5 Å². The summed E-state index contributed by atoms with van der Waals surface area (Å²) in [5.74, 6) is 0.602. The molecule has 0 spiro atoms. The molecule has 6 heteroatoms. The molecule has 3 rings (SSSR count). The number of esters is 1. The van der Waals surface area contributed by atoms with Crippen LogP contribution in [0.1, 0.15) is 41.6 Å². The van der Waals surface area contributed by atoms with Gasteiger partial charge in [-0.05, 0) is 61.6 Å². The molecule has 1 aliphatic carbocycles. The van der Waals surface area contributed by atoms with E-state index in [0.717, 1.165) is 12.8 Å². The lowest BCUT2D eigenvalue weighted by Gasteiger charge is -2.39. The number of hydrogen-bond acceptors (Lipinski definition) is 5. The molecular weight excluding hydrogens is 368 g/mol. The maximum Gasteiger partial charge on any atom is 0.338 e. The zero-order valence-electron chi connectivity index (χ0n) is 15.4. The Hall–Kier alpha value is -2.24. The van der Waals surface area contributed by atoms with Crippen molar-refractivity contribution in [3.63, 3.8) is 0 Å². The third-order valence-corrected chi connectivity index (χ3v) is 5.24. The molecule has 2 aromatic rings. The van der Waals surface area contributed by atoms with Crippen molar-refractivity contribution >= 4 is 17.6 Å². The molecule has 0 unspecified atom stereocenters. The lowest BCUT2D eigenvalue weighted by Crippen LogP contribution is -2.45. The topological polar surface area (TPSA) is 65.0 Å². The van der Waals surface area contributed by atoms with E-state index in [1.807, 2.05) is 0 Å². The average Bonchev–Trinajstić information content (AvgIpc) is 2.69. The van der Waals surface area contributed by atoms with Crippen LogP contribution in [0.5, 0.6) is 11.5 Å². The molecule has 5 nitrogen and oxygen atoms in total. The fourth-order valence-electron chi connectivity index (χ4n) is 3.53. The molecular formula is C21H23ClO5. The number of halogens is 1. The predicted molar refractivity (Wildman–Crippen MR) is 103 cm³/mol. The Morgan fingerprint density at radius 1 is 1.11 bits per heavy atom. The van der Waals surface area contributed by atoms with E-state index >= 15 is 0 Å². The first-order chi connectivity index (χ1) is 13.0. The van der Waals surface area contributed by atoms with Crippen LogP contribution < -0.4 is 9.47 Å². The molecule has 1 aliphatic rings. The molecule has 27 heavy (non-hydrogen) atoms. The van der Waals surface area contributed by atoms with Crippen LogP contribution in [0.15, 0.2) is 42.5 Å². The van der Waals surface area contributed by atoms with Crippen molar-refractivity contribution in [3.05, 3.63) is 58.6 Å². The Bertz CT molecular complexity index is 822. The van der Waals surface area contributed by atoms with Gasteiger partial charge < -0.3 is 19.3 Å². The summed E-state index contributed by atoms with van der Waals surface area (Å²) in [6, 6.07) is 11.9. The van der Waals surface area contributed by atoms with Gasteiger partial charge in [0.2, 0.25) is 0 Å². The summed E-state index contributed by atoms with van der Waals surface area (Å²) < 4.78 is 16.3. The van der Waals surface area contributed by atoms with Gasteiger partial charge in [-0.25, -0.2) is 4.79 Å². The summed E-state index contributed by atoms with van der Waals surface area (Å²) in [7, 11) is 3.10. The van der Waals surface area contributed by atoms with E-state index in [1.54, 1.807) is 56.7 Å². The molecule has 0 radical (unpaired) electrons. The van der Waals surface area contributed by atoms with E-state index < -0.39 is 17.7 Å². The second kappa shape index (κ2) is 8.19. The van der Waals surface area contributed by atoms with Crippen molar-refractivity contribution in [1.82, 2.24) is 0 Å². The summed E-state index contributed by atoms with van der Waals surface area (Å²) in [6.07, 6.45) is 2.14. The smallest absolute Gasteiger partial charge is 0.338 e. The van der Waals surface area contributed by atoms with E-state index in [9.17, 15) is 9.90 Å². The van der Waals surface area contributed by atoms with Crippen molar-refractivity contribution in [2.24, 2.45) is 0 Å². The third-order valence-electron chi connectivity index (χ3n) is 5.00. The SMILES string of the molecule is COc1ccc([C@]2(O)CCCC[C@@H]2OC(=O)c2cccc(Cl)c2)cc1OC. The van der Waals surface area contributed by atoms with Crippen molar-refractivity contribution in [3.8, 4) is 11.5 Å². The molecule has 1 fully saturated rings. The highest BCUT2D eigenvalue weighted by Gasteiger charge is 2.43. The fourth-order valence-corrected chi connectivity index (χ4v) is 3.72. The van der Waals surface area contributed by atoms with Gasteiger partial charge >= 0.3 is 5.97 Å². The number of rotatable bonds is 5. The van der Waals surface area contributed by atoms with Crippen LogP contribution in [0.2, 0.25) is 5.02 Å². The van der Waals surface area contributed by atoms with Gasteiger partial charge in [-0.15, -0.1) is 0 Å². The number of benzene rings is 2. The second-order valence-electron chi connectivity index (χ2n) is 6.64. The van der Waals surface area contributed by atoms with Gasteiger partial charge in [-0.2, -0.15) is 0 Å². The standard InChI is InChI=1S/C21H23ClO5/c1-25-17-10-9-15(13-18(17)26-2)21(24)11-4-3-8-19(21)27-20(23)14-6-5-7-16(22)12-14/h5-7,9-10,12-13,19,24H,3-4,8,11H2,1-2H3/t19-,21+/m0/s1. The highest BCUT2D eigenvalue weighted by Crippen LogP contribution is 2.42. The molecule has 0 aromatic heterocycles. The molecule has 0 bridgehead atoms. The summed E-state index contributed by atoms with van der Waals surface area (Å²) in [5.41, 5.74) is -0.280. The lowest BCUT2D eigenvalue weighted by atomic mass is 9.77. The van der Waals surface area contributed by atoms with Gasteiger partial charge in [0.05, 0.1) is 19.8 Å². The van der Waals surface area contributed by atoms with Crippen LogP contribution in [-0.2, 0) is 10.3 Å². The average molecular weight is 391 g/mol. The maximum absolute atomic E-state index is 12.6. The molecule has 2 aromatic carbocycles. The predicted octanol–water partition coefficient (Wildman–Crippen LogP) is 4.34. The highest BCUT2D eigenvalue weighted by molar-refractivity contribution is 6.30. The number of carbonyl (C=O) groups excluding carboxylic acids is 1. The van der Waals surface area contributed by atoms with Gasteiger partial charge in [0.25, 0.3) is 0 Å². The van der Waals surface area contributed by atoms with Crippen molar-refractivity contribution in [2.75, 3.05) is 14.2 Å². The quantitative estimate of drug-likeness (QED) is 0.769. The molecule has 0 aliphatic heterocycles. The van der Waals surface area contributed by atoms with E-state index in [2.05, 4.69) is 0 Å². The van der Waals surface area contributed by atoms with E-state index in [4.69, 9.17) is 25.8 Å².